The second-order valence-corrected chi connectivity index (χ2v) is 3.62. The highest BCUT2D eigenvalue weighted by Gasteiger charge is 2.28. The monoisotopic (exact) mass is 243 g/mol. The fraction of sp³-hybridized carbons (Fsp3) is 0.364. The number of carbonyl (C=O) groups is 1. The Morgan fingerprint density at radius 3 is 2.53 bits per heavy atom. The van der Waals surface area contributed by atoms with Crippen LogP contribution < -0.4 is 0 Å². The van der Waals surface area contributed by atoms with Crippen molar-refractivity contribution >= 4 is 11.5 Å². The van der Waals surface area contributed by atoms with Gasteiger partial charge in [-0.2, -0.15) is 4.39 Å². The minimum atomic E-state index is -1.26. The molecule has 0 aromatic heterocycles. The zero-order valence-corrected chi connectivity index (χ0v) is 9.37. The maximum Gasteiger partial charge on any atom is 0.308 e. The summed E-state index contributed by atoms with van der Waals surface area (Å²) in [5.41, 5.74) is -1.06. The number of halogens is 2. The van der Waals surface area contributed by atoms with Crippen LogP contribution in [0.5, 0.6) is 0 Å². The molecule has 4 nitrogen and oxygen atoms in total. The molecule has 0 amide bonds. The molecule has 0 bridgehead atoms. The normalized spacial score (nSPS) is 12.2. The van der Waals surface area contributed by atoms with Crippen LogP contribution in [-0.2, 0) is 4.79 Å². The molecule has 0 spiro atoms. The smallest absolute Gasteiger partial charge is 0.299 e. The van der Waals surface area contributed by atoms with E-state index in [1.54, 1.807) is 6.92 Å². The molecule has 0 aliphatic rings. The van der Waals surface area contributed by atoms with Crippen molar-refractivity contribution in [3.05, 3.63) is 39.4 Å². The van der Waals surface area contributed by atoms with E-state index in [0.717, 1.165) is 6.07 Å². The molecule has 17 heavy (non-hydrogen) atoms. The zero-order chi connectivity index (χ0) is 13.2. The van der Waals surface area contributed by atoms with E-state index in [2.05, 4.69) is 0 Å². The van der Waals surface area contributed by atoms with Gasteiger partial charge in [0.15, 0.2) is 0 Å². The van der Waals surface area contributed by atoms with Gasteiger partial charge in [-0.15, -0.1) is 0 Å². The van der Waals surface area contributed by atoms with Crippen molar-refractivity contribution in [3.8, 4) is 0 Å². The van der Waals surface area contributed by atoms with Gasteiger partial charge in [0.2, 0.25) is 5.82 Å². The number of hydrogen-bond acceptors (Lipinski definition) is 3. The quantitative estimate of drug-likeness (QED) is 0.603. The molecule has 0 saturated heterocycles. The zero-order valence-electron chi connectivity index (χ0n) is 9.37. The van der Waals surface area contributed by atoms with Gasteiger partial charge in [0.25, 0.3) is 0 Å². The summed E-state index contributed by atoms with van der Waals surface area (Å²) in [5, 5.41) is 10.7. The molecule has 1 aromatic carbocycles. The third-order valence-corrected chi connectivity index (χ3v) is 2.54. The largest absolute Gasteiger partial charge is 0.308 e. The van der Waals surface area contributed by atoms with Crippen molar-refractivity contribution in [2.75, 3.05) is 0 Å². The number of benzene rings is 1. The Hall–Kier alpha value is -1.85. The minimum absolute atomic E-state index is 0.149. The summed E-state index contributed by atoms with van der Waals surface area (Å²) in [5.74, 6) is -3.40. The van der Waals surface area contributed by atoms with Gasteiger partial charge < -0.3 is 0 Å². The molecule has 0 heterocycles. The molecule has 1 aromatic rings. The van der Waals surface area contributed by atoms with Crippen LogP contribution in [0.3, 0.4) is 0 Å². The summed E-state index contributed by atoms with van der Waals surface area (Å²) in [4.78, 5) is 21.2. The standard InChI is InChI=1S/C11H11F2NO3/c1-3-10(15)6(2)8-4-7(12)5-9(13)11(8)14(16)17/h4-6H,3H2,1-2H3. The Kier molecular flexibility index (Phi) is 3.88. The summed E-state index contributed by atoms with van der Waals surface area (Å²) in [7, 11) is 0. The van der Waals surface area contributed by atoms with Crippen molar-refractivity contribution in [1.29, 1.82) is 0 Å². The summed E-state index contributed by atoms with van der Waals surface area (Å²) >= 11 is 0. The van der Waals surface area contributed by atoms with Crippen LogP contribution in [0, 0.1) is 21.7 Å². The van der Waals surface area contributed by atoms with E-state index in [1.165, 1.54) is 6.92 Å². The third kappa shape index (κ3) is 2.64. The fourth-order valence-electron chi connectivity index (χ4n) is 1.59. The molecule has 0 saturated carbocycles. The average molecular weight is 243 g/mol. The highest BCUT2D eigenvalue weighted by Crippen LogP contribution is 2.31. The van der Waals surface area contributed by atoms with Crippen molar-refractivity contribution in [3.63, 3.8) is 0 Å². The lowest BCUT2D eigenvalue weighted by Crippen LogP contribution is -2.11. The van der Waals surface area contributed by atoms with Gasteiger partial charge in [0.05, 0.1) is 4.92 Å². The lowest BCUT2D eigenvalue weighted by molar-refractivity contribution is -0.388. The first-order valence-electron chi connectivity index (χ1n) is 5.04. The number of nitrogens with zero attached hydrogens (tertiary/aromatic N) is 1. The Morgan fingerprint density at radius 2 is 2.06 bits per heavy atom. The fourth-order valence-corrected chi connectivity index (χ4v) is 1.59. The van der Waals surface area contributed by atoms with E-state index in [4.69, 9.17) is 0 Å². The predicted octanol–water partition coefficient (Wildman–Crippen LogP) is 2.96. The highest BCUT2D eigenvalue weighted by atomic mass is 19.1. The summed E-state index contributed by atoms with van der Waals surface area (Å²) in [6, 6.07) is 1.27. The molecule has 6 heteroatoms. The second-order valence-electron chi connectivity index (χ2n) is 3.62. The van der Waals surface area contributed by atoms with Crippen LogP contribution in [0.2, 0.25) is 0 Å². The molecular weight excluding hydrogens is 232 g/mol. The Bertz CT molecular complexity index is 474. The Balaban J connectivity index is 3.40. The Labute approximate surface area is 96.4 Å². The van der Waals surface area contributed by atoms with Crippen LogP contribution >= 0.6 is 0 Å². The minimum Gasteiger partial charge on any atom is -0.299 e. The lowest BCUT2D eigenvalue weighted by atomic mass is 9.93. The molecule has 92 valence electrons. The number of nitro benzene ring substituents is 1. The van der Waals surface area contributed by atoms with Crippen molar-refractivity contribution in [2.45, 2.75) is 26.2 Å². The molecule has 1 atom stereocenters. The van der Waals surface area contributed by atoms with E-state index in [-0.39, 0.29) is 17.8 Å². The topological polar surface area (TPSA) is 60.2 Å². The van der Waals surface area contributed by atoms with E-state index in [0.29, 0.717) is 6.07 Å². The molecule has 0 radical (unpaired) electrons. The van der Waals surface area contributed by atoms with E-state index in [9.17, 15) is 23.7 Å². The predicted molar refractivity (Wildman–Crippen MR) is 56.7 cm³/mol. The van der Waals surface area contributed by atoms with Crippen LogP contribution in [-0.4, -0.2) is 10.7 Å². The molecular formula is C11H11F2NO3. The highest BCUT2D eigenvalue weighted by molar-refractivity contribution is 5.86. The molecule has 1 unspecified atom stereocenters. The van der Waals surface area contributed by atoms with Crippen molar-refractivity contribution in [1.82, 2.24) is 0 Å². The number of ketones is 1. The number of Topliss-reactive ketones (excluding diaryl/α,β-unsaturated/α-hetero) is 1. The first kappa shape index (κ1) is 13.2. The summed E-state index contributed by atoms with van der Waals surface area (Å²) < 4.78 is 26.3. The maximum atomic E-state index is 13.3. The first-order valence-corrected chi connectivity index (χ1v) is 5.04. The van der Waals surface area contributed by atoms with Crippen molar-refractivity contribution < 1.29 is 18.5 Å². The van der Waals surface area contributed by atoms with E-state index >= 15 is 0 Å². The van der Waals surface area contributed by atoms with Gasteiger partial charge in [-0.1, -0.05) is 13.8 Å². The van der Waals surface area contributed by atoms with Gasteiger partial charge in [0, 0.05) is 24.0 Å². The molecule has 0 aliphatic heterocycles. The first-order chi connectivity index (χ1) is 7.88. The number of nitro groups is 1. The Morgan fingerprint density at radius 1 is 1.47 bits per heavy atom. The number of rotatable bonds is 4. The van der Waals surface area contributed by atoms with Gasteiger partial charge in [-0.25, -0.2) is 4.39 Å². The van der Waals surface area contributed by atoms with Gasteiger partial charge in [-0.05, 0) is 6.07 Å². The SMILES string of the molecule is CCC(=O)C(C)c1cc(F)cc(F)c1[N+](=O)[O-]. The third-order valence-electron chi connectivity index (χ3n) is 2.54. The molecule has 0 fully saturated rings. The number of carbonyl (C=O) groups excluding carboxylic acids is 1. The lowest BCUT2D eigenvalue weighted by Gasteiger charge is -2.10. The molecule has 0 N–H and O–H groups in total. The summed E-state index contributed by atoms with van der Waals surface area (Å²) in [6.07, 6.45) is 0.149. The van der Waals surface area contributed by atoms with Crippen LogP contribution in [0.1, 0.15) is 31.7 Å². The van der Waals surface area contributed by atoms with Gasteiger partial charge in [0.1, 0.15) is 11.6 Å². The molecule has 0 aliphatic carbocycles. The van der Waals surface area contributed by atoms with E-state index in [1.807, 2.05) is 0 Å². The maximum absolute atomic E-state index is 13.3. The molecule has 1 rings (SSSR count). The van der Waals surface area contributed by atoms with Gasteiger partial charge in [-0.3, -0.25) is 14.9 Å². The van der Waals surface area contributed by atoms with Crippen molar-refractivity contribution in [2.24, 2.45) is 0 Å². The average Bonchev–Trinajstić information content (AvgIpc) is 2.25. The van der Waals surface area contributed by atoms with Crippen LogP contribution in [0.15, 0.2) is 12.1 Å². The second kappa shape index (κ2) is 4.99. The van der Waals surface area contributed by atoms with E-state index < -0.39 is 28.2 Å². The van der Waals surface area contributed by atoms with Gasteiger partial charge >= 0.3 is 5.69 Å². The van der Waals surface area contributed by atoms with Crippen LogP contribution in [0.25, 0.3) is 0 Å². The van der Waals surface area contributed by atoms with Crippen LogP contribution in [0.4, 0.5) is 14.5 Å². The summed E-state index contributed by atoms with van der Waals surface area (Å²) in [6.45, 7) is 2.98. The number of hydrogen-bond donors (Lipinski definition) is 0.